The van der Waals surface area contributed by atoms with E-state index >= 15 is 0 Å². The molecule has 7 heteroatoms. The SMILES string of the molecule is COC(=O)c1c(OC)cc(N(C)C)cc1[N+](=O)[O-]. The number of nitro groups is 1. The van der Waals surface area contributed by atoms with E-state index in [1.165, 1.54) is 13.2 Å². The van der Waals surface area contributed by atoms with Gasteiger partial charge in [0.05, 0.1) is 19.1 Å². The molecule has 98 valence electrons. The van der Waals surface area contributed by atoms with E-state index < -0.39 is 10.9 Å². The predicted molar refractivity (Wildman–Crippen MR) is 65.3 cm³/mol. The summed E-state index contributed by atoms with van der Waals surface area (Å²) in [6, 6.07) is 2.84. The maximum atomic E-state index is 11.6. The van der Waals surface area contributed by atoms with Crippen molar-refractivity contribution < 1.29 is 19.2 Å². The Morgan fingerprint density at radius 2 is 1.94 bits per heavy atom. The number of carbonyl (C=O) groups excluding carboxylic acids is 1. The van der Waals surface area contributed by atoms with Gasteiger partial charge in [-0.15, -0.1) is 0 Å². The fraction of sp³-hybridized carbons (Fsp3) is 0.364. The summed E-state index contributed by atoms with van der Waals surface area (Å²) in [6.45, 7) is 0. The van der Waals surface area contributed by atoms with E-state index in [4.69, 9.17) is 4.74 Å². The van der Waals surface area contributed by atoms with Crippen molar-refractivity contribution in [3.05, 3.63) is 27.8 Å². The van der Waals surface area contributed by atoms with Gasteiger partial charge in [0, 0.05) is 31.9 Å². The van der Waals surface area contributed by atoms with E-state index in [0.29, 0.717) is 5.69 Å². The standard InChI is InChI=1S/C11H14N2O5/c1-12(2)7-5-8(13(15)16)10(11(14)18-4)9(6-7)17-3/h5-6H,1-4H3. The molecule has 0 amide bonds. The monoisotopic (exact) mass is 254 g/mol. The Hall–Kier alpha value is -2.31. The summed E-state index contributed by atoms with van der Waals surface area (Å²) < 4.78 is 9.55. The number of nitro benzene ring substituents is 1. The van der Waals surface area contributed by atoms with Crippen LogP contribution in [0.1, 0.15) is 10.4 Å². The van der Waals surface area contributed by atoms with Gasteiger partial charge < -0.3 is 14.4 Å². The van der Waals surface area contributed by atoms with Gasteiger partial charge in [0.25, 0.3) is 5.69 Å². The number of ether oxygens (including phenoxy) is 2. The lowest BCUT2D eigenvalue weighted by molar-refractivity contribution is -0.385. The van der Waals surface area contributed by atoms with Crippen LogP contribution in [0.4, 0.5) is 11.4 Å². The number of carbonyl (C=O) groups is 1. The molecule has 0 aromatic heterocycles. The second-order valence-corrected chi connectivity index (χ2v) is 3.69. The predicted octanol–water partition coefficient (Wildman–Crippen LogP) is 1.46. The van der Waals surface area contributed by atoms with Crippen LogP contribution in [0.5, 0.6) is 5.75 Å². The molecule has 1 aromatic carbocycles. The van der Waals surface area contributed by atoms with Gasteiger partial charge in [-0.2, -0.15) is 0 Å². The van der Waals surface area contributed by atoms with Crippen LogP contribution in [0.15, 0.2) is 12.1 Å². The summed E-state index contributed by atoms with van der Waals surface area (Å²) in [7, 11) is 5.96. The van der Waals surface area contributed by atoms with Gasteiger partial charge in [0.2, 0.25) is 0 Å². The van der Waals surface area contributed by atoms with Crippen LogP contribution in [-0.4, -0.2) is 39.2 Å². The molecule has 0 saturated carbocycles. The molecule has 0 aliphatic rings. The first kappa shape index (κ1) is 13.8. The van der Waals surface area contributed by atoms with Crippen LogP contribution >= 0.6 is 0 Å². The van der Waals surface area contributed by atoms with E-state index in [0.717, 1.165) is 7.11 Å². The minimum absolute atomic E-state index is 0.111. The second kappa shape index (κ2) is 5.35. The highest BCUT2D eigenvalue weighted by Gasteiger charge is 2.27. The number of benzene rings is 1. The number of nitrogens with zero attached hydrogens (tertiary/aromatic N) is 2. The molecule has 0 unspecified atom stereocenters. The molecule has 0 heterocycles. The van der Waals surface area contributed by atoms with Crippen molar-refractivity contribution in [2.45, 2.75) is 0 Å². The average molecular weight is 254 g/mol. The van der Waals surface area contributed by atoms with E-state index in [-0.39, 0.29) is 17.0 Å². The number of esters is 1. The lowest BCUT2D eigenvalue weighted by Gasteiger charge is -2.15. The maximum Gasteiger partial charge on any atom is 0.348 e. The Morgan fingerprint density at radius 3 is 2.33 bits per heavy atom. The summed E-state index contributed by atoms with van der Waals surface area (Å²) in [5.74, 6) is -0.691. The molecule has 18 heavy (non-hydrogen) atoms. The maximum absolute atomic E-state index is 11.6. The van der Waals surface area contributed by atoms with Crippen molar-refractivity contribution >= 4 is 17.3 Å². The first-order valence-corrected chi connectivity index (χ1v) is 5.04. The molecule has 7 nitrogen and oxygen atoms in total. The number of methoxy groups -OCH3 is 2. The molecule has 0 atom stereocenters. The zero-order valence-corrected chi connectivity index (χ0v) is 10.6. The van der Waals surface area contributed by atoms with Gasteiger partial charge >= 0.3 is 5.97 Å². The van der Waals surface area contributed by atoms with Crippen LogP contribution in [0.25, 0.3) is 0 Å². The van der Waals surface area contributed by atoms with Crippen LogP contribution in [0, 0.1) is 10.1 Å². The molecule has 1 aromatic rings. The van der Waals surface area contributed by atoms with Crippen LogP contribution in [-0.2, 0) is 4.74 Å². The molecule has 0 radical (unpaired) electrons. The highest BCUT2D eigenvalue weighted by atomic mass is 16.6. The third-order valence-corrected chi connectivity index (χ3v) is 2.39. The van der Waals surface area contributed by atoms with E-state index in [9.17, 15) is 14.9 Å². The lowest BCUT2D eigenvalue weighted by atomic mass is 10.1. The number of anilines is 1. The summed E-state index contributed by atoms with van der Waals surface area (Å²) in [5, 5.41) is 11.0. The Labute approximate surface area is 104 Å². The Morgan fingerprint density at radius 1 is 1.33 bits per heavy atom. The van der Waals surface area contributed by atoms with E-state index in [2.05, 4.69) is 4.74 Å². The van der Waals surface area contributed by atoms with Gasteiger partial charge in [-0.3, -0.25) is 10.1 Å². The van der Waals surface area contributed by atoms with Crippen molar-refractivity contribution in [1.82, 2.24) is 0 Å². The Kier molecular flexibility index (Phi) is 4.09. The summed E-state index contributed by atoms with van der Waals surface area (Å²) in [6.07, 6.45) is 0. The van der Waals surface area contributed by atoms with Crippen LogP contribution in [0.3, 0.4) is 0 Å². The molecule has 0 aliphatic heterocycles. The number of rotatable bonds is 4. The molecule has 0 bridgehead atoms. The molecular formula is C11H14N2O5. The minimum Gasteiger partial charge on any atom is -0.495 e. The zero-order valence-electron chi connectivity index (χ0n) is 10.6. The molecule has 1 rings (SSSR count). The minimum atomic E-state index is -0.802. The van der Waals surface area contributed by atoms with Crippen molar-refractivity contribution in [3.8, 4) is 5.75 Å². The summed E-state index contributed by atoms with van der Waals surface area (Å²) >= 11 is 0. The highest BCUT2D eigenvalue weighted by molar-refractivity contribution is 5.98. The first-order chi connectivity index (χ1) is 8.42. The molecule has 0 aliphatic carbocycles. The molecular weight excluding hydrogens is 240 g/mol. The smallest absolute Gasteiger partial charge is 0.348 e. The zero-order chi connectivity index (χ0) is 13.9. The molecule has 0 N–H and O–H groups in total. The molecule has 0 spiro atoms. The van der Waals surface area contributed by atoms with Crippen LogP contribution < -0.4 is 9.64 Å². The van der Waals surface area contributed by atoms with E-state index in [1.807, 2.05) is 0 Å². The van der Waals surface area contributed by atoms with E-state index in [1.54, 1.807) is 25.1 Å². The third-order valence-electron chi connectivity index (χ3n) is 2.39. The summed E-state index contributed by atoms with van der Waals surface area (Å²) in [5.41, 5.74) is 0.0340. The van der Waals surface area contributed by atoms with Crippen LogP contribution in [0.2, 0.25) is 0 Å². The number of hydrogen-bond acceptors (Lipinski definition) is 6. The van der Waals surface area contributed by atoms with Gasteiger partial charge in [0.1, 0.15) is 5.75 Å². The normalized spacial score (nSPS) is 9.78. The van der Waals surface area contributed by atoms with Crippen molar-refractivity contribution in [2.24, 2.45) is 0 Å². The molecule has 0 saturated heterocycles. The van der Waals surface area contributed by atoms with Crippen molar-refractivity contribution in [1.29, 1.82) is 0 Å². The first-order valence-electron chi connectivity index (χ1n) is 5.04. The van der Waals surface area contributed by atoms with Gasteiger partial charge in [-0.25, -0.2) is 4.79 Å². The van der Waals surface area contributed by atoms with Gasteiger partial charge in [-0.05, 0) is 0 Å². The molecule has 0 fully saturated rings. The largest absolute Gasteiger partial charge is 0.495 e. The lowest BCUT2D eigenvalue weighted by Crippen LogP contribution is -2.13. The topological polar surface area (TPSA) is 81.9 Å². The third kappa shape index (κ3) is 2.50. The fourth-order valence-corrected chi connectivity index (χ4v) is 1.46. The van der Waals surface area contributed by atoms with Crippen molar-refractivity contribution in [2.75, 3.05) is 33.2 Å². The Bertz CT molecular complexity index is 485. The van der Waals surface area contributed by atoms with Gasteiger partial charge in [0.15, 0.2) is 5.56 Å². The Balaban J connectivity index is 3.56. The quantitative estimate of drug-likeness (QED) is 0.459. The number of hydrogen-bond donors (Lipinski definition) is 0. The van der Waals surface area contributed by atoms with Crippen molar-refractivity contribution in [3.63, 3.8) is 0 Å². The average Bonchev–Trinajstić information content (AvgIpc) is 2.35. The summed E-state index contributed by atoms with van der Waals surface area (Å²) in [4.78, 5) is 23.6. The highest BCUT2D eigenvalue weighted by Crippen LogP contribution is 2.34. The second-order valence-electron chi connectivity index (χ2n) is 3.69. The fourth-order valence-electron chi connectivity index (χ4n) is 1.46. The van der Waals surface area contributed by atoms with Gasteiger partial charge in [-0.1, -0.05) is 0 Å².